The number of methoxy groups -OCH3 is 1. The Morgan fingerprint density at radius 3 is 2.57 bits per heavy atom. The summed E-state index contributed by atoms with van der Waals surface area (Å²) in [7, 11) is 1.64. The van der Waals surface area contributed by atoms with Gasteiger partial charge in [0.2, 0.25) is 5.91 Å². The maximum Gasteiger partial charge on any atom is 0.225 e. The van der Waals surface area contributed by atoms with Crippen LogP contribution in [0.1, 0.15) is 25.8 Å². The van der Waals surface area contributed by atoms with Gasteiger partial charge in [-0.25, -0.2) is 0 Å². The van der Waals surface area contributed by atoms with Crippen LogP contribution in [-0.4, -0.2) is 30.1 Å². The van der Waals surface area contributed by atoms with Crippen molar-refractivity contribution in [1.82, 2.24) is 5.32 Å². The molecule has 0 bridgehead atoms. The van der Waals surface area contributed by atoms with Gasteiger partial charge in [-0.15, -0.1) is 0 Å². The van der Waals surface area contributed by atoms with Gasteiger partial charge in [0, 0.05) is 16.9 Å². The molecule has 0 radical (unpaired) electrons. The lowest BCUT2D eigenvalue weighted by Gasteiger charge is -2.35. The number of ketones is 1. The first kappa shape index (κ1) is 15.9. The molecule has 1 atom stereocenters. The van der Waals surface area contributed by atoms with Crippen LogP contribution in [0.25, 0.3) is 0 Å². The largest absolute Gasteiger partial charge is 0.497 e. The van der Waals surface area contributed by atoms with Gasteiger partial charge in [-0.1, -0.05) is 12.1 Å². The highest BCUT2D eigenvalue weighted by molar-refractivity contribution is 7.99. The van der Waals surface area contributed by atoms with E-state index in [4.69, 9.17) is 4.74 Å². The van der Waals surface area contributed by atoms with Gasteiger partial charge in [0.25, 0.3) is 0 Å². The second-order valence-corrected chi connectivity index (χ2v) is 7.38. The zero-order valence-corrected chi connectivity index (χ0v) is 13.5. The molecule has 0 saturated carbocycles. The van der Waals surface area contributed by atoms with E-state index in [2.05, 4.69) is 5.32 Å². The van der Waals surface area contributed by atoms with E-state index in [0.29, 0.717) is 6.42 Å². The van der Waals surface area contributed by atoms with Crippen molar-refractivity contribution in [2.45, 2.75) is 30.8 Å². The first-order chi connectivity index (χ1) is 9.92. The van der Waals surface area contributed by atoms with Crippen molar-refractivity contribution in [2.75, 3.05) is 13.7 Å². The summed E-state index contributed by atoms with van der Waals surface area (Å²) in [5.74, 6) is 1.47. The molecule has 1 fully saturated rings. The molecule has 114 valence electrons. The minimum Gasteiger partial charge on any atom is -0.497 e. The second kappa shape index (κ2) is 6.52. The molecule has 5 heteroatoms. The topological polar surface area (TPSA) is 55.4 Å². The van der Waals surface area contributed by atoms with E-state index in [1.165, 1.54) is 5.56 Å². The number of nitrogens with one attached hydrogen (secondary N) is 1. The third-order valence-electron chi connectivity index (χ3n) is 3.82. The smallest absolute Gasteiger partial charge is 0.225 e. The maximum atomic E-state index is 12.0. The quantitative estimate of drug-likeness (QED) is 0.907. The summed E-state index contributed by atoms with van der Waals surface area (Å²) >= 11 is 1.70. The fourth-order valence-corrected chi connectivity index (χ4v) is 3.48. The van der Waals surface area contributed by atoms with Crippen molar-refractivity contribution in [3.05, 3.63) is 29.8 Å². The van der Waals surface area contributed by atoms with Crippen LogP contribution in [-0.2, 0) is 15.3 Å². The fraction of sp³-hybridized carbons (Fsp3) is 0.500. The number of thioether (sulfide) groups is 1. The van der Waals surface area contributed by atoms with Crippen molar-refractivity contribution in [3.8, 4) is 5.75 Å². The van der Waals surface area contributed by atoms with E-state index in [1.54, 1.807) is 18.9 Å². The number of rotatable bonds is 5. The number of ether oxygens (including phenoxy) is 1. The van der Waals surface area contributed by atoms with E-state index < -0.39 is 0 Å². The van der Waals surface area contributed by atoms with Crippen LogP contribution in [0.3, 0.4) is 0 Å². The van der Waals surface area contributed by atoms with Crippen LogP contribution in [0.15, 0.2) is 24.3 Å². The van der Waals surface area contributed by atoms with Gasteiger partial charge in [-0.3, -0.25) is 9.59 Å². The minimum absolute atomic E-state index is 0.0122. The van der Waals surface area contributed by atoms with Crippen molar-refractivity contribution in [3.63, 3.8) is 0 Å². The van der Waals surface area contributed by atoms with Gasteiger partial charge in [0.1, 0.15) is 5.75 Å². The van der Waals surface area contributed by atoms with Crippen LogP contribution >= 0.6 is 11.8 Å². The molecule has 1 aliphatic heterocycles. The van der Waals surface area contributed by atoms with Crippen LogP contribution in [0.5, 0.6) is 5.75 Å². The predicted octanol–water partition coefficient (Wildman–Crippen LogP) is 2.41. The van der Waals surface area contributed by atoms with Crippen LogP contribution < -0.4 is 10.1 Å². The Balaban J connectivity index is 1.99. The summed E-state index contributed by atoms with van der Waals surface area (Å²) in [6.07, 6.45) is 0.342. The number of hydrogen-bond donors (Lipinski definition) is 1. The zero-order chi connectivity index (χ0) is 15.5. The molecule has 1 saturated heterocycles. The van der Waals surface area contributed by atoms with E-state index in [9.17, 15) is 9.59 Å². The number of amides is 1. The van der Waals surface area contributed by atoms with Gasteiger partial charge >= 0.3 is 0 Å². The summed E-state index contributed by atoms with van der Waals surface area (Å²) < 4.78 is 4.86. The molecule has 21 heavy (non-hydrogen) atoms. The van der Waals surface area contributed by atoms with E-state index in [-0.39, 0.29) is 28.9 Å². The Morgan fingerprint density at radius 2 is 1.95 bits per heavy atom. The highest BCUT2D eigenvalue weighted by Gasteiger charge is 2.39. The number of benzene rings is 1. The molecule has 1 aliphatic rings. The van der Waals surface area contributed by atoms with Crippen LogP contribution in [0, 0.1) is 5.92 Å². The lowest BCUT2D eigenvalue weighted by Crippen LogP contribution is -2.49. The molecule has 1 N–H and O–H groups in total. The maximum absolute atomic E-state index is 12.0. The summed E-state index contributed by atoms with van der Waals surface area (Å²) in [6.45, 7) is 4.24. The standard InChI is InChI=1S/C16H21NO3S/c1-16(2,14-8-12(18)9-17-15(14)19)21-10-11-4-6-13(20-3)7-5-11/h4-7,14H,8-10H2,1-3H3,(H,17,19). The second-order valence-electron chi connectivity index (χ2n) is 5.75. The molecule has 1 aromatic rings. The van der Waals surface area contributed by atoms with Crippen LogP contribution in [0.4, 0.5) is 0 Å². The average molecular weight is 307 g/mol. The lowest BCUT2D eigenvalue weighted by atomic mass is 9.86. The minimum atomic E-state index is -0.278. The predicted molar refractivity (Wildman–Crippen MR) is 84.5 cm³/mol. The van der Waals surface area contributed by atoms with Gasteiger partial charge in [0.15, 0.2) is 5.78 Å². The van der Waals surface area contributed by atoms with Crippen molar-refractivity contribution < 1.29 is 14.3 Å². The Morgan fingerprint density at radius 1 is 1.29 bits per heavy atom. The number of carbonyl (C=O) groups is 2. The molecule has 0 spiro atoms. The first-order valence-electron chi connectivity index (χ1n) is 6.98. The number of Topliss-reactive ketones (excluding diaryl/α,β-unsaturated/α-hetero) is 1. The summed E-state index contributed by atoms with van der Waals surface area (Å²) in [4.78, 5) is 23.6. The third-order valence-corrected chi connectivity index (χ3v) is 5.32. The molecule has 1 aromatic carbocycles. The third kappa shape index (κ3) is 4.00. The molecule has 1 amide bonds. The molecule has 1 unspecified atom stereocenters. The van der Waals surface area contributed by atoms with Gasteiger partial charge in [-0.2, -0.15) is 11.8 Å². The average Bonchev–Trinajstić information content (AvgIpc) is 2.48. The molecule has 0 aromatic heterocycles. The Bertz CT molecular complexity index is 525. The lowest BCUT2D eigenvalue weighted by molar-refractivity contribution is -0.134. The molecular weight excluding hydrogens is 286 g/mol. The zero-order valence-electron chi connectivity index (χ0n) is 12.6. The summed E-state index contributed by atoms with van der Waals surface area (Å²) in [6, 6.07) is 7.90. The normalized spacial score (nSPS) is 19.3. The highest BCUT2D eigenvalue weighted by Crippen LogP contribution is 2.38. The van der Waals surface area contributed by atoms with E-state index in [1.807, 2.05) is 38.1 Å². The SMILES string of the molecule is COc1ccc(CSC(C)(C)C2CC(=O)CNC2=O)cc1. The molecular formula is C16H21NO3S. The van der Waals surface area contributed by atoms with Gasteiger partial charge in [-0.05, 0) is 31.5 Å². The van der Waals surface area contributed by atoms with Crippen LogP contribution in [0.2, 0.25) is 0 Å². The molecule has 1 heterocycles. The number of hydrogen-bond acceptors (Lipinski definition) is 4. The van der Waals surface area contributed by atoms with Crippen molar-refractivity contribution >= 4 is 23.5 Å². The monoisotopic (exact) mass is 307 g/mol. The highest BCUT2D eigenvalue weighted by atomic mass is 32.2. The van der Waals surface area contributed by atoms with Crippen molar-refractivity contribution in [2.24, 2.45) is 5.92 Å². The van der Waals surface area contributed by atoms with Crippen molar-refractivity contribution in [1.29, 1.82) is 0 Å². The van der Waals surface area contributed by atoms with Gasteiger partial charge < -0.3 is 10.1 Å². The first-order valence-corrected chi connectivity index (χ1v) is 7.97. The number of carbonyl (C=O) groups excluding carboxylic acids is 2. The summed E-state index contributed by atoms with van der Waals surface area (Å²) in [5.41, 5.74) is 1.18. The van der Waals surface area contributed by atoms with E-state index in [0.717, 1.165) is 11.5 Å². The van der Waals surface area contributed by atoms with Gasteiger partial charge in [0.05, 0.1) is 19.6 Å². The molecule has 4 nitrogen and oxygen atoms in total. The Labute approximate surface area is 129 Å². The molecule has 0 aliphatic carbocycles. The fourth-order valence-electron chi connectivity index (χ4n) is 2.35. The number of piperidine rings is 1. The molecule has 2 rings (SSSR count). The van der Waals surface area contributed by atoms with E-state index >= 15 is 0 Å². The Hall–Kier alpha value is -1.49. The summed E-state index contributed by atoms with van der Waals surface area (Å²) in [5, 5.41) is 2.68. The Kier molecular flexibility index (Phi) is 4.93.